The van der Waals surface area contributed by atoms with Crippen LogP contribution in [0, 0.1) is 0 Å². The summed E-state index contributed by atoms with van der Waals surface area (Å²) in [5.74, 6) is 0. The molecule has 0 aromatic heterocycles. The van der Waals surface area contributed by atoms with Crippen molar-refractivity contribution in [2.24, 2.45) is 0 Å². The molecule has 92 valence electrons. The summed E-state index contributed by atoms with van der Waals surface area (Å²) >= 11 is 0. The van der Waals surface area contributed by atoms with E-state index in [1.54, 1.807) is 7.11 Å². The van der Waals surface area contributed by atoms with Gasteiger partial charge in [-0.15, -0.1) is 0 Å². The van der Waals surface area contributed by atoms with Gasteiger partial charge in [-0.25, -0.2) is 0 Å². The van der Waals surface area contributed by atoms with E-state index >= 15 is 0 Å². The summed E-state index contributed by atoms with van der Waals surface area (Å²) in [7, 11) is 3.94. The van der Waals surface area contributed by atoms with Crippen molar-refractivity contribution in [1.29, 1.82) is 0 Å². The second-order valence-electron chi connectivity index (χ2n) is 4.23. The minimum atomic E-state index is 0.610. The first-order valence-corrected chi connectivity index (χ1v) is 6.12. The number of unbranched alkanes of at least 4 members (excludes halogenated alkanes) is 2. The van der Waals surface area contributed by atoms with Crippen molar-refractivity contribution in [2.75, 3.05) is 40.4 Å². The van der Waals surface area contributed by atoms with Crippen LogP contribution in [0.4, 0.5) is 0 Å². The van der Waals surface area contributed by atoms with Gasteiger partial charge in [-0.05, 0) is 26.9 Å². The van der Waals surface area contributed by atoms with E-state index < -0.39 is 0 Å². The lowest BCUT2D eigenvalue weighted by Crippen LogP contribution is -2.39. The predicted molar refractivity (Wildman–Crippen MR) is 66.4 cm³/mol. The third kappa shape index (κ3) is 8.85. The van der Waals surface area contributed by atoms with Crippen molar-refractivity contribution in [2.45, 2.75) is 39.2 Å². The van der Waals surface area contributed by atoms with Crippen molar-refractivity contribution >= 4 is 0 Å². The van der Waals surface area contributed by atoms with Crippen molar-refractivity contribution in [3.8, 4) is 0 Å². The number of nitrogens with zero attached hydrogens (tertiary/aromatic N) is 1. The van der Waals surface area contributed by atoms with Crippen molar-refractivity contribution in [1.82, 2.24) is 10.2 Å². The lowest BCUT2D eigenvalue weighted by Gasteiger charge is -2.24. The Kier molecular flexibility index (Phi) is 10.3. The van der Waals surface area contributed by atoms with Gasteiger partial charge in [0.05, 0.1) is 6.61 Å². The molecule has 1 atom stereocenters. The van der Waals surface area contributed by atoms with Crippen molar-refractivity contribution in [3.05, 3.63) is 0 Å². The molecule has 0 bridgehead atoms. The average molecular weight is 216 g/mol. The Morgan fingerprint density at radius 2 is 2.07 bits per heavy atom. The number of methoxy groups -OCH3 is 1. The zero-order valence-electron chi connectivity index (χ0n) is 10.9. The number of hydrogen-bond donors (Lipinski definition) is 1. The molecule has 0 rings (SSSR count). The maximum Gasteiger partial charge on any atom is 0.0587 e. The fraction of sp³-hybridized carbons (Fsp3) is 1.00. The van der Waals surface area contributed by atoms with Crippen LogP contribution in [0.1, 0.15) is 33.1 Å². The van der Waals surface area contributed by atoms with Gasteiger partial charge < -0.3 is 15.0 Å². The highest BCUT2D eigenvalue weighted by molar-refractivity contribution is 4.66. The molecule has 0 aromatic carbocycles. The number of rotatable bonds is 10. The first-order chi connectivity index (χ1) is 7.22. The van der Waals surface area contributed by atoms with E-state index in [1.165, 1.54) is 25.8 Å². The standard InChI is InChI=1S/C12H28N2O/c1-5-6-7-9-14(3)12(2)11-13-8-10-15-4/h12-13H,5-11H2,1-4H3. The predicted octanol–water partition coefficient (Wildman–Crippen LogP) is 1.73. The molecule has 0 heterocycles. The van der Waals surface area contributed by atoms with Gasteiger partial charge in [0.15, 0.2) is 0 Å². The SMILES string of the molecule is CCCCCN(C)C(C)CNCCOC. The van der Waals surface area contributed by atoms with E-state index in [4.69, 9.17) is 4.74 Å². The Balaban J connectivity index is 3.38. The first kappa shape index (κ1) is 14.9. The fourth-order valence-corrected chi connectivity index (χ4v) is 1.47. The zero-order valence-corrected chi connectivity index (χ0v) is 10.9. The molecule has 1 N–H and O–H groups in total. The van der Waals surface area contributed by atoms with Gasteiger partial charge in [-0.3, -0.25) is 0 Å². The highest BCUT2D eigenvalue weighted by atomic mass is 16.5. The van der Waals surface area contributed by atoms with Crippen LogP contribution < -0.4 is 5.32 Å². The smallest absolute Gasteiger partial charge is 0.0587 e. The van der Waals surface area contributed by atoms with Gasteiger partial charge in [0.2, 0.25) is 0 Å². The number of ether oxygens (including phenoxy) is 1. The van der Waals surface area contributed by atoms with Gasteiger partial charge in [0.1, 0.15) is 0 Å². The summed E-state index contributed by atoms with van der Waals surface area (Å²) in [5, 5.41) is 3.39. The van der Waals surface area contributed by atoms with Gasteiger partial charge in [0, 0.05) is 26.2 Å². The minimum Gasteiger partial charge on any atom is -0.383 e. The molecule has 0 aliphatic rings. The molecule has 0 fully saturated rings. The summed E-state index contributed by atoms with van der Waals surface area (Å²) in [5.41, 5.74) is 0. The topological polar surface area (TPSA) is 24.5 Å². The summed E-state index contributed by atoms with van der Waals surface area (Å²) < 4.78 is 4.99. The van der Waals surface area contributed by atoms with Crippen LogP contribution in [0.3, 0.4) is 0 Å². The Labute approximate surface area is 95.2 Å². The van der Waals surface area contributed by atoms with Crippen LogP contribution >= 0.6 is 0 Å². The molecule has 0 saturated carbocycles. The third-order valence-electron chi connectivity index (χ3n) is 2.79. The molecule has 15 heavy (non-hydrogen) atoms. The van der Waals surface area contributed by atoms with E-state index in [0.29, 0.717) is 6.04 Å². The van der Waals surface area contributed by atoms with E-state index in [9.17, 15) is 0 Å². The summed E-state index contributed by atoms with van der Waals surface area (Å²) in [6, 6.07) is 0.610. The molecule has 0 radical (unpaired) electrons. The maximum atomic E-state index is 4.99. The molecular formula is C12H28N2O. The molecule has 0 saturated heterocycles. The summed E-state index contributed by atoms with van der Waals surface area (Å²) in [6.07, 6.45) is 3.96. The van der Waals surface area contributed by atoms with Gasteiger partial charge in [-0.1, -0.05) is 19.8 Å². The lowest BCUT2D eigenvalue weighted by atomic mass is 10.2. The van der Waals surface area contributed by atoms with Crippen molar-refractivity contribution < 1.29 is 4.74 Å². The molecule has 0 amide bonds. The van der Waals surface area contributed by atoms with Crippen LogP contribution in [0.2, 0.25) is 0 Å². The lowest BCUT2D eigenvalue weighted by molar-refractivity contribution is 0.191. The Morgan fingerprint density at radius 1 is 1.33 bits per heavy atom. The molecular weight excluding hydrogens is 188 g/mol. The summed E-state index contributed by atoms with van der Waals surface area (Å²) in [6.45, 7) is 8.52. The Morgan fingerprint density at radius 3 is 2.67 bits per heavy atom. The van der Waals surface area contributed by atoms with Crippen molar-refractivity contribution in [3.63, 3.8) is 0 Å². The quantitative estimate of drug-likeness (QED) is 0.563. The first-order valence-electron chi connectivity index (χ1n) is 6.12. The van der Waals surface area contributed by atoms with Crippen LogP contribution in [0.15, 0.2) is 0 Å². The minimum absolute atomic E-state index is 0.610. The van der Waals surface area contributed by atoms with Gasteiger partial charge in [-0.2, -0.15) is 0 Å². The summed E-state index contributed by atoms with van der Waals surface area (Å²) in [4.78, 5) is 2.43. The van der Waals surface area contributed by atoms with E-state index in [-0.39, 0.29) is 0 Å². The maximum absolute atomic E-state index is 4.99. The van der Waals surface area contributed by atoms with E-state index in [2.05, 4.69) is 31.1 Å². The molecule has 0 aliphatic heterocycles. The highest BCUT2D eigenvalue weighted by Crippen LogP contribution is 2.00. The Bertz CT molecular complexity index is 131. The molecule has 3 nitrogen and oxygen atoms in total. The van der Waals surface area contributed by atoms with Gasteiger partial charge in [0.25, 0.3) is 0 Å². The fourth-order valence-electron chi connectivity index (χ4n) is 1.47. The average Bonchev–Trinajstić information content (AvgIpc) is 2.24. The number of hydrogen-bond acceptors (Lipinski definition) is 3. The molecule has 0 spiro atoms. The van der Waals surface area contributed by atoms with Crippen LogP contribution in [0.25, 0.3) is 0 Å². The third-order valence-corrected chi connectivity index (χ3v) is 2.79. The van der Waals surface area contributed by atoms with Crippen LogP contribution in [0.5, 0.6) is 0 Å². The molecule has 0 aliphatic carbocycles. The second kappa shape index (κ2) is 10.4. The number of likely N-dealkylation sites (N-methyl/N-ethyl adjacent to an activating group) is 1. The second-order valence-corrected chi connectivity index (χ2v) is 4.23. The largest absolute Gasteiger partial charge is 0.383 e. The molecule has 0 aromatic rings. The highest BCUT2D eigenvalue weighted by Gasteiger charge is 2.07. The van der Waals surface area contributed by atoms with Crippen LogP contribution in [-0.2, 0) is 4.74 Å². The van der Waals surface area contributed by atoms with E-state index in [1.807, 2.05) is 0 Å². The van der Waals surface area contributed by atoms with Crippen LogP contribution in [-0.4, -0.2) is 51.3 Å². The van der Waals surface area contributed by atoms with E-state index in [0.717, 1.165) is 19.7 Å². The normalized spacial score (nSPS) is 13.4. The molecule has 1 unspecified atom stereocenters. The number of nitrogens with one attached hydrogen (secondary N) is 1. The van der Waals surface area contributed by atoms with Gasteiger partial charge >= 0.3 is 0 Å². The molecule has 3 heteroatoms. The Hall–Kier alpha value is -0.120. The monoisotopic (exact) mass is 216 g/mol. The zero-order chi connectivity index (χ0) is 11.5.